The van der Waals surface area contributed by atoms with E-state index in [9.17, 15) is 4.79 Å². The maximum Gasteiger partial charge on any atom is 0.233 e. The molecule has 5 nitrogen and oxygen atoms in total. The van der Waals surface area contributed by atoms with Crippen molar-refractivity contribution in [3.05, 3.63) is 18.0 Å². The monoisotopic (exact) mass is 280 g/mol. The molecular weight excluding hydrogens is 260 g/mol. The molecule has 1 aliphatic carbocycles. The van der Waals surface area contributed by atoms with E-state index < -0.39 is 0 Å². The van der Waals surface area contributed by atoms with Gasteiger partial charge in [0.1, 0.15) is 6.33 Å². The third kappa shape index (κ3) is 4.70. The van der Waals surface area contributed by atoms with Gasteiger partial charge in [0.15, 0.2) is 5.16 Å². The molecule has 2 rings (SSSR count). The van der Waals surface area contributed by atoms with E-state index in [0.717, 1.165) is 13.0 Å². The first-order valence-corrected chi connectivity index (χ1v) is 7.61. The van der Waals surface area contributed by atoms with Crippen molar-refractivity contribution < 1.29 is 4.79 Å². The first kappa shape index (κ1) is 14.1. The second-order valence-corrected chi connectivity index (χ2v) is 6.03. The fraction of sp³-hybridized carbons (Fsp3) is 0.615. The largest absolute Gasteiger partial charge is 0.355 e. The molecule has 1 aromatic heterocycles. The molecule has 1 aliphatic rings. The van der Waals surface area contributed by atoms with Crippen LogP contribution in [0.25, 0.3) is 0 Å². The van der Waals surface area contributed by atoms with Gasteiger partial charge in [-0.2, -0.15) is 5.10 Å². The highest BCUT2D eigenvalue weighted by Gasteiger charge is 2.15. The standard InChI is InChI=1S/C13H20N4OS/c1-10(19-13-15-9-16-17-13)12(18)14-8-7-11-5-3-2-4-6-11/h5,9-10H,2-4,6-8H2,1H3,(H,14,18)(H,15,16,17)/t10-/m1/s1. The van der Waals surface area contributed by atoms with Crippen molar-refractivity contribution in [2.75, 3.05) is 6.54 Å². The summed E-state index contributed by atoms with van der Waals surface area (Å²) in [7, 11) is 0. The zero-order valence-corrected chi connectivity index (χ0v) is 12.0. The number of thioether (sulfide) groups is 1. The maximum atomic E-state index is 11.9. The maximum absolute atomic E-state index is 11.9. The smallest absolute Gasteiger partial charge is 0.233 e. The second-order valence-electron chi connectivity index (χ2n) is 4.70. The second kappa shape index (κ2) is 7.33. The van der Waals surface area contributed by atoms with E-state index in [1.54, 1.807) is 0 Å². The molecule has 2 N–H and O–H groups in total. The molecule has 0 aromatic carbocycles. The molecule has 104 valence electrons. The Hall–Kier alpha value is -1.30. The minimum absolute atomic E-state index is 0.0535. The zero-order chi connectivity index (χ0) is 13.5. The third-order valence-electron chi connectivity index (χ3n) is 3.18. The highest BCUT2D eigenvalue weighted by atomic mass is 32.2. The molecule has 0 bridgehead atoms. The van der Waals surface area contributed by atoms with Gasteiger partial charge in [0.25, 0.3) is 0 Å². The van der Waals surface area contributed by atoms with Crippen LogP contribution in [0.1, 0.15) is 39.0 Å². The Bertz CT molecular complexity index is 430. The Morgan fingerprint density at radius 1 is 1.58 bits per heavy atom. The van der Waals surface area contributed by atoms with Crippen LogP contribution in [0.15, 0.2) is 23.1 Å². The van der Waals surface area contributed by atoms with E-state index in [0.29, 0.717) is 5.16 Å². The predicted molar refractivity (Wildman–Crippen MR) is 75.9 cm³/mol. The Balaban J connectivity index is 1.67. The van der Waals surface area contributed by atoms with Crippen molar-refractivity contribution in [2.24, 2.45) is 0 Å². The third-order valence-corrected chi connectivity index (χ3v) is 4.17. The number of carbonyl (C=O) groups is 1. The lowest BCUT2D eigenvalue weighted by molar-refractivity contribution is -0.120. The van der Waals surface area contributed by atoms with Gasteiger partial charge in [0.05, 0.1) is 5.25 Å². The van der Waals surface area contributed by atoms with Crippen LogP contribution in [0.2, 0.25) is 0 Å². The lowest BCUT2D eigenvalue weighted by Gasteiger charge is -2.14. The minimum Gasteiger partial charge on any atom is -0.355 e. The molecule has 0 spiro atoms. The van der Waals surface area contributed by atoms with Gasteiger partial charge in [-0.05, 0) is 39.0 Å². The Morgan fingerprint density at radius 2 is 2.47 bits per heavy atom. The summed E-state index contributed by atoms with van der Waals surface area (Å²) >= 11 is 1.39. The first-order chi connectivity index (χ1) is 9.25. The highest BCUT2D eigenvalue weighted by molar-refractivity contribution is 8.00. The fourth-order valence-electron chi connectivity index (χ4n) is 2.09. The van der Waals surface area contributed by atoms with Crippen LogP contribution < -0.4 is 5.32 Å². The number of aromatic nitrogens is 3. The summed E-state index contributed by atoms with van der Waals surface area (Å²) in [5.41, 5.74) is 1.49. The van der Waals surface area contributed by atoms with Crippen LogP contribution in [-0.2, 0) is 4.79 Å². The molecule has 0 saturated carbocycles. The Morgan fingerprint density at radius 3 is 3.16 bits per heavy atom. The van der Waals surface area contributed by atoms with E-state index in [-0.39, 0.29) is 11.2 Å². The SMILES string of the molecule is C[C@@H](Sc1ncn[nH]1)C(=O)NCCC1=CCCCC1. The van der Waals surface area contributed by atoms with Gasteiger partial charge in [-0.25, -0.2) is 4.98 Å². The van der Waals surface area contributed by atoms with Gasteiger partial charge in [0, 0.05) is 6.54 Å². The predicted octanol–water partition coefficient (Wildman–Crippen LogP) is 2.29. The first-order valence-electron chi connectivity index (χ1n) is 6.73. The molecule has 0 radical (unpaired) electrons. The lowest BCUT2D eigenvalue weighted by atomic mass is 9.97. The molecule has 0 aliphatic heterocycles. The van der Waals surface area contributed by atoms with E-state index in [1.807, 2.05) is 6.92 Å². The normalized spacial score (nSPS) is 16.8. The molecule has 1 amide bonds. The van der Waals surface area contributed by atoms with E-state index in [4.69, 9.17) is 0 Å². The van der Waals surface area contributed by atoms with Crippen molar-refractivity contribution >= 4 is 17.7 Å². The quantitative estimate of drug-likeness (QED) is 0.619. The number of nitrogens with one attached hydrogen (secondary N) is 2. The summed E-state index contributed by atoms with van der Waals surface area (Å²) in [5.74, 6) is 0.0535. The minimum atomic E-state index is -0.159. The van der Waals surface area contributed by atoms with Crippen LogP contribution in [0.5, 0.6) is 0 Å². The number of hydrogen-bond acceptors (Lipinski definition) is 4. The molecule has 1 aromatic rings. The van der Waals surface area contributed by atoms with Crippen molar-refractivity contribution in [3.63, 3.8) is 0 Å². The van der Waals surface area contributed by atoms with E-state index in [2.05, 4.69) is 26.6 Å². The van der Waals surface area contributed by atoms with Crippen LogP contribution in [0.4, 0.5) is 0 Å². The number of carbonyl (C=O) groups excluding carboxylic acids is 1. The van der Waals surface area contributed by atoms with Gasteiger partial charge < -0.3 is 5.32 Å². The van der Waals surface area contributed by atoms with Gasteiger partial charge in [0.2, 0.25) is 5.91 Å². The number of H-pyrrole nitrogens is 1. The summed E-state index contributed by atoms with van der Waals surface area (Å²) in [5, 5.41) is 10.0. The summed E-state index contributed by atoms with van der Waals surface area (Å²) in [6.45, 7) is 2.61. The molecule has 1 atom stereocenters. The van der Waals surface area contributed by atoms with Crippen LogP contribution in [0, 0.1) is 0 Å². The molecule has 0 unspecified atom stereocenters. The van der Waals surface area contributed by atoms with Crippen molar-refractivity contribution in [1.82, 2.24) is 20.5 Å². The van der Waals surface area contributed by atoms with Gasteiger partial charge >= 0.3 is 0 Å². The van der Waals surface area contributed by atoms with Crippen molar-refractivity contribution in [3.8, 4) is 0 Å². The van der Waals surface area contributed by atoms with Crippen molar-refractivity contribution in [2.45, 2.75) is 49.4 Å². The summed E-state index contributed by atoms with van der Waals surface area (Å²) in [6.07, 6.45) is 9.73. The van der Waals surface area contributed by atoms with Crippen LogP contribution in [-0.4, -0.2) is 32.9 Å². The van der Waals surface area contributed by atoms with E-state index >= 15 is 0 Å². The number of amides is 1. The van der Waals surface area contributed by atoms with Crippen molar-refractivity contribution in [1.29, 1.82) is 0 Å². The molecule has 1 heterocycles. The highest BCUT2D eigenvalue weighted by Crippen LogP contribution is 2.20. The summed E-state index contributed by atoms with van der Waals surface area (Å²) < 4.78 is 0. The number of rotatable bonds is 6. The molecule has 0 fully saturated rings. The Labute approximate surface area is 117 Å². The average molecular weight is 280 g/mol. The van der Waals surface area contributed by atoms with Gasteiger partial charge in [-0.3, -0.25) is 9.89 Å². The summed E-state index contributed by atoms with van der Waals surface area (Å²) in [4.78, 5) is 15.9. The topological polar surface area (TPSA) is 70.7 Å². The number of nitrogens with zero attached hydrogens (tertiary/aromatic N) is 2. The van der Waals surface area contributed by atoms with E-state index in [1.165, 1.54) is 49.3 Å². The van der Waals surface area contributed by atoms with Gasteiger partial charge in [-0.1, -0.05) is 23.4 Å². The average Bonchev–Trinajstić information content (AvgIpc) is 2.92. The molecular formula is C13H20N4OS. The molecule has 0 saturated heterocycles. The van der Waals surface area contributed by atoms with Gasteiger partial charge in [-0.15, -0.1) is 0 Å². The lowest BCUT2D eigenvalue weighted by Crippen LogP contribution is -2.31. The van der Waals surface area contributed by atoms with Crippen LogP contribution >= 0.6 is 11.8 Å². The number of allylic oxidation sites excluding steroid dienone is 1. The summed E-state index contributed by atoms with van der Waals surface area (Å²) in [6, 6.07) is 0. The fourth-order valence-corrected chi connectivity index (χ4v) is 2.83. The number of hydrogen-bond donors (Lipinski definition) is 2. The Kier molecular flexibility index (Phi) is 5.44. The molecule has 6 heteroatoms. The number of aromatic amines is 1. The van der Waals surface area contributed by atoms with Crippen LogP contribution in [0.3, 0.4) is 0 Å². The molecule has 19 heavy (non-hydrogen) atoms. The zero-order valence-electron chi connectivity index (χ0n) is 11.2.